The first-order valence-electron chi connectivity index (χ1n) is 5.65. The molecule has 1 saturated carbocycles. The van der Waals surface area contributed by atoms with E-state index in [2.05, 4.69) is 10.3 Å². The van der Waals surface area contributed by atoms with E-state index in [0.717, 1.165) is 25.0 Å². The van der Waals surface area contributed by atoms with Crippen LogP contribution in [0.3, 0.4) is 0 Å². The van der Waals surface area contributed by atoms with E-state index in [9.17, 15) is 10.1 Å². The van der Waals surface area contributed by atoms with E-state index >= 15 is 0 Å². The van der Waals surface area contributed by atoms with Crippen LogP contribution in [0.1, 0.15) is 25.0 Å². The summed E-state index contributed by atoms with van der Waals surface area (Å²) in [7, 11) is 0. The van der Waals surface area contributed by atoms with Crippen molar-refractivity contribution in [3.05, 3.63) is 27.9 Å². The molecule has 3 N–H and O–H groups in total. The molecule has 1 aromatic heterocycles. The maximum atomic E-state index is 10.8. The number of anilines is 1. The van der Waals surface area contributed by atoms with E-state index in [1.165, 1.54) is 6.07 Å². The van der Waals surface area contributed by atoms with Gasteiger partial charge in [0.25, 0.3) is 0 Å². The Balaban J connectivity index is 2.13. The van der Waals surface area contributed by atoms with Crippen LogP contribution in [0.2, 0.25) is 0 Å². The molecule has 0 unspecified atom stereocenters. The Kier molecular flexibility index (Phi) is 2.97. The molecule has 1 aliphatic rings. The number of nitrogens with zero attached hydrogens (tertiary/aromatic N) is 2. The van der Waals surface area contributed by atoms with Gasteiger partial charge in [-0.2, -0.15) is 0 Å². The lowest BCUT2D eigenvalue weighted by molar-refractivity contribution is -0.384. The van der Waals surface area contributed by atoms with Gasteiger partial charge < -0.3 is 11.1 Å². The summed E-state index contributed by atoms with van der Waals surface area (Å²) in [4.78, 5) is 14.6. The number of nitrogens with one attached hydrogen (secondary N) is 1. The second-order valence-corrected chi connectivity index (χ2v) is 4.65. The molecule has 0 aliphatic heterocycles. The van der Waals surface area contributed by atoms with Gasteiger partial charge in [-0.3, -0.25) is 10.1 Å². The minimum absolute atomic E-state index is 0.00137. The minimum atomic E-state index is -0.432. The lowest BCUT2D eigenvalue weighted by Crippen LogP contribution is -2.52. The average molecular weight is 236 g/mol. The monoisotopic (exact) mass is 236 g/mol. The molecule has 0 atom stereocenters. The molecule has 0 amide bonds. The summed E-state index contributed by atoms with van der Waals surface area (Å²) in [6, 6.07) is 3.10. The number of aryl methyl sites for hydroxylation is 1. The summed E-state index contributed by atoms with van der Waals surface area (Å²) in [5.74, 6) is 0.312. The average Bonchev–Trinajstić information content (AvgIpc) is 2.23. The Morgan fingerprint density at radius 2 is 2.29 bits per heavy atom. The number of pyridine rings is 1. The van der Waals surface area contributed by atoms with Gasteiger partial charge in [0.15, 0.2) is 0 Å². The molecule has 0 saturated heterocycles. The standard InChI is InChI=1S/C11H16N4O2/c1-8-3-4-9(15(16)17)10(14-8)13-7-11(12)5-2-6-11/h3-4H,2,5-7,12H2,1H3,(H,13,14). The number of nitro groups is 1. The van der Waals surface area contributed by atoms with Crippen LogP contribution in [-0.4, -0.2) is 22.0 Å². The predicted octanol–water partition coefficient (Wildman–Crippen LogP) is 1.59. The van der Waals surface area contributed by atoms with Crippen LogP contribution in [0.4, 0.5) is 11.5 Å². The Labute approximate surface area is 99.4 Å². The van der Waals surface area contributed by atoms with Gasteiger partial charge in [-0.1, -0.05) is 0 Å². The molecular formula is C11H16N4O2. The fraction of sp³-hybridized carbons (Fsp3) is 0.545. The first-order chi connectivity index (χ1) is 8.00. The van der Waals surface area contributed by atoms with Gasteiger partial charge in [0.1, 0.15) is 0 Å². The molecule has 1 heterocycles. The van der Waals surface area contributed by atoms with Crippen molar-refractivity contribution in [2.75, 3.05) is 11.9 Å². The molecule has 1 fully saturated rings. The fourth-order valence-corrected chi connectivity index (χ4v) is 1.89. The van der Waals surface area contributed by atoms with Crippen molar-refractivity contribution in [1.29, 1.82) is 0 Å². The summed E-state index contributed by atoms with van der Waals surface area (Å²) in [5.41, 5.74) is 6.58. The lowest BCUT2D eigenvalue weighted by Gasteiger charge is -2.38. The van der Waals surface area contributed by atoms with Crippen molar-refractivity contribution in [1.82, 2.24) is 4.98 Å². The topological polar surface area (TPSA) is 94.1 Å². The maximum absolute atomic E-state index is 10.8. The second-order valence-electron chi connectivity index (χ2n) is 4.65. The molecule has 1 aromatic rings. The minimum Gasteiger partial charge on any atom is -0.362 e. The van der Waals surface area contributed by atoms with Crippen LogP contribution in [0, 0.1) is 17.0 Å². The smallest absolute Gasteiger partial charge is 0.311 e. The summed E-state index contributed by atoms with van der Waals surface area (Å²) >= 11 is 0. The van der Waals surface area contributed by atoms with Crippen LogP contribution in [-0.2, 0) is 0 Å². The summed E-state index contributed by atoms with van der Waals surface area (Å²) in [6.45, 7) is 2.33. The van der Waals surface area contributed by atoms with Gasteiger partial charge >= 0.3 is 5.69 Å². The number of nitrogens with two attached hydrogens (primary N) is 1. The molecule has 0 aromatic carbocycles. The SMILES string of the molecule is Cc1ccc([N+](=O)[O-])c(NCC2(N)CCC2)n1. The fourth-order valence-electron chi connectivity index (χ4n) is 1.89. The van der Waals surface area contributed by atoms with Crippen molar-refractivity contribution in [3.8, 4) is 0 Å². The normalized spacial score (nSPS) is 17.3. The van der Waals surface area contributed by atoms with Gasteiger partial charge in [0.2, 0.25) is 5.82 Å². The summed E-state index contributed by atoms with van der Waals surface area (Å²) in [5, 5.41) is 13.8. The largest absolute Gasteiger partial charge is 0.362 e. The van der Waals surface area contributed by atoms with E-state index in [1.807, 2.05) is 0 Å². The quantitative estimate of drug-likeness (QED) is 0.611. The van der Waals surface area contributed by atoms with Gasteiger partial charge in [-0.05, 0) is 32.3 Å². The zero-order valence-electron chi connectivity index (χ0n) is 9.77. The van der Waals surface area contributed by atoms with Crippen LogP contribution in [0.5, 0.6) is 0 Å². The first-order valence-corrected chi connectivity index (χ1v) is 5.65. The summed E-state index contributed by atoms with van der Waals surface area (Å²) < 4.78 is 0. The number of hydrogen-bond acceptors (Lipinski definition) is 5. The number of aromatic nitrogens is 1. The van der Waals surface area contributed by atoms with Crippen molar-refractivity contribution >= 4 is 11.5 Å². The van der Waals surface area contributed by atoms with Crippen molar-refractivity contribution < 1.29 is 4.92 Å². The van der Waals surface area contributed by atoms with Gasteiger partial charge in [-0.25, -0.2) is 4.98 Å². The van der Waals surface area contributed by atoms with Crippen molar-refractivity contribution in [2.24, 2.45) is 5.73 Å². The van der Waals surface area contributed by atoms with Crippen LogP contribution in [0.15, 0.2) is 12.1 Å². The number of rotatable bonds is 4. The Morgan fingerprint density at radius 3 is 2.82 bits per heavy atom. The molecule has 6 nitrogen and oxygen atoms in total. The highest BCUT2D eigenvalue weighted by Gasteiger charge is 2.32. The van der Waals surface area contributed by atoms with E-state index < -0.39 is 4.92 Å². The zero-order chi connectivity index (χ0) is 12.5. The van der Waals surface area contributed by atoms with Crippen molar-refractivity contribution in [2.45, 2.75) is 31.7 Å². The van der Waals surface area contributed by atoms with Crippen LogP contribution in [0.25, 0.3) is 0 Å². The molecule has 0 radical (unpaired) electrons. The van der Waals surface area contributed by atoms with Crippen LogP contribution >= 0.6 is 0 Å². The molecular weight excluding hydrogens is 220 g/mol. The van der Waals surface area contributed by atoms with E-state index in [4.69, 9.17) is 5.73 Å². The van der Waals surface area contributed by atoms with Gasteiger partial charge in [0.05, 0.1) is 4.92 Å². The third kappa shape index (κ3) is 2.52. The molecule has 92 valence electrons. The third-order valence-corrected chi connectivity index (χ3v) is 3.17. The molecule has 17 heavy (non-hydrogen) atoms. The molecule has 2 rings (SSSR count). The van der Waals surface area contributed by atoms with Gasteiger partial charge in [-0.15, -0.1) is 0 Å². The van der Waals surface area contributed by atoms with Gasteiger partial charge in [0, 0.05) is 23.8 Å². The van der Waals surface area contributed by atoms with E-state index in [0.29, 0.717) is 12.4 Å². The highest BCUT2D eigenvalue weighted by Crippen LogP contribution is 2.30. The number of hydrogen-bond donors (Lipinski definition) is 2. The molecule has 0 spiro atoms. The third-order valence-electron chi connectivity index (χ3n) is 3.17. The Bertz CT molecular complexity index is 443. The van der Waals surface area contributed by atoms with E-state index in [-0.39, 0.29) is 11.2 Å². The highest BCUT2D eigenvalue weighted by atomic mass is 16.6. The summed E-state index contributed by atoms with van der Waals surface area (Å²) in [6.07, 6.45) is 3.04. The Hall–Kier alpha value is -1.69. The maximum Gasteiger partial charge on any atom is 0.311 e. The highest BCUT2D eigenvalue weighted by molar-refractivity contribution is 5.56. The van der Waals surface area contributed by atoms with Crippen molar-refractivity contribution in [3.63, 3.8) is 0 Å². The Morgan fingerprint density at radius 1 is 1.59 bits per heavy atom. The van der Waals surface area contributed by atoms with E-state index in [1.54, 1.807) is 13.0 Å². The van der Waals surface area contributed by atoms with Crippen LogP contribution < -0.4 is 11.1 Å². The second kappa shape index (κ2) is 4.29. The molecule has 0 bridgehead atoms. The first kappa shape index (κ1) is 11.8. The molecule has 6 heteroatoms. The zero-order valence-corrected chi connectivity index (χ0v) is 9.77. The predicted molar refractivity (Wildman–Crippen MR) is 64.9 cm³/mol. The molecule has 1 aliphatic carbocycles. The lowest BCUT2D eigenvalue weighted by atomic mass is 9.78.